The highest BCUT2D eigenvalue weighted by Gasteiger charge is 2.45. The Labute approximate surface area is 185 Å². The first-order chi connectivity index (χ1) is 14.3. The van der Waals surface area contributed by atoms with Crippen molar-refractivity contribution in [2.75, 3.05) is 0 Å². The average Bonchev–Trinajstić information content (AvgIpc) is 3.03. The summed E-state index contributed by atoms with van der Waals surface area (Å²) < 4.78 is 72.1. The zero-order valence-electron chi connectivity index (χ0n) is 15.1. The van der Waals surface area contributed by atoms with Crippen LogP contribution in [0, 0.1) is 0 Å². The van der Waals surface area contributed by atoms with Crippen molar-refractivity contribution in [3.05, 3.63) is 62.4 Å². The first-order valence-corrected chi connectivity index (χ1v) is 11.1. The fourth-order valence-electron chi connectivity index (χ4n) is 2.62. The van der Waals surface area contributed by atoms with E-state index in [0.717, 1.165) is 12.1 Å². The topological polar surface area (TPSA) is 92.8 Å². The first-order valence-electron chi connectivity index (χ1n) is 8.23. The maximum Gasteiger partial charge on any atom is 0.416 e. The van der Waals surface area contributed by atoms with Crippen LogP contribution >= 0.6 is 35.6 Å². The van der Waals surface area contributed by atoms with E-state index in [2.05, 4.69) is 15.9 Å². The fraction of sp³-hybridized carbons (Fsp3) is 0.167. The van der Waals surface area contributed by atoms with Crippen molar-refractivity contribution in [2.45, 2.75) is 18.4 Å². The molecule has 0 atom stereocenters. The monoisotopic (exact) mass is 543 g/mol. The van der Waals surface area contributed by atoms with Crippen molar-refractivity contribution >= 4 is 51.6 Å². The maximum absolute atomic E-state index is 14.2. The number of amides is 1. The third-order valence-corrected chi connectivity index (χ3v) is 7.43. The number of alkyl halides is 5. The average molecular weight is 544 g/mol. The van der Waals surface area contributed by atoms with Crippen LogP contribution in [0.4, 0.5) is 22.0 Å². The predicted molar refractivity (Wildman–Crippen MR) is 109 cm³/mol. The van der Waals surface area contributed by atoms with E-state index >= 15 is 0 Å². The van der Waals surface area contributed by atoms with Gasteiger partial charge in [-0.3, -0.25) is 4.79 Å². The highest BCUT2D eigenvalue weighted by Crippen LogP contribution is 2.58. The minimum absolute atomic E-state index is 0.0147. The summed E-state index contributed by atoms with van der Waals surface area (Å²) in [5, 5.41) is 0.134. The molecule has 13 heteroatoms. The van der Waals surface area contributed by atoms with Crippen LogP contribution in [-0.2, 0) is 18.4 Å². The zero-order chi connectivity index (χ0) is 23.1. The largest absolute Gasteiger partial charge is 0.487 e. The summed E-state index contributed by atoms with van der Waals surface area (Å²) >= 11 is 3.52. The summed E-state index contributed by atoms with van der Waals surface area (Å²) in [6.07, 6.45) is -4.49. The van der Waals surface area contributed by atoms with Gasteiger partial charge in [-0.05, 0) is 45.8 Å². The molecule has 1 amide bonds. The smallest absolute Gasteiger partial charge is 0.416 e. The van der Waals surface area contributed by atoms with Crippen LogP contribution < -0.4 is 10.5 Å². The number of hydrogen-bond donors (Lipinski definition) is 3. The molecule has 0 aliphatic heterocycles. The molecule has 166 valence electrons. The van der Waals surface area contributed by atoms with Gasteiger partial charge in [-0.15, -0.1) is 11.3 Å². The number of benzene rings is 2. The molecule has 0 fully saturated rings. The number of fused-ring (bicyclic) bond motifs is 1. The Bertz CT molecular complexity index is 1130. The molecule has 31 heavy (non-hydrogen) atoms. The van der Waals surface area contributed by atoms with Crippen LogP contribution in [-0.4, -0.2) is 15.7 Å². The second-order valence-corrected chi connectivity index (χ2v) is 9.23. The fourth-order valence-corrected chi connectivity index (χ4v) is 5.40. The van der Waals surface area contributed by atoms with Crippen LogP contribution in [0.1, 0.15) is 26.4 Å². The van der Waals surface area contributed by atoms with E-state index in [1.54, 1.807) is 0 Å². The van der Waals surface area contributed by atoms with Crippen LogP contribution in [0.15, 0.2) is 40.9 Å². The van der Waals surface area contributed by atoms with Crippen LogP contribution in [0.3, 0.4) is 0 Å². The molecule has 0 unspecified atom stereocenters. The minimum Gasteiger partial charge on any atom is -0.487 e. The standard InChI is InChI=1S/C18H12BrF5NO4PS/c19-13-11-5-9(16(25)26)6-12(14(11)31-15(13)18(23,24)30(27)28)29-7-8-1-3-10(4-2-8)17(20,21)22/h1-6,27-28H,7H2,(H2,25,26). The summed E-state index contributed by atoms with van der Waals surface area (Å²) in [4.78, 5) is 29.2. The lowest BCUT2D eigenvalue weighted by Gasteiger charge is -2.15. The number of primary amides is 1. The molecule has 2 aromatic carbocycles. The van der Waals surface area contributed by atoms with Gasteiger partial charge in [0.15, 0.2) is 0 Å². The number of ether oxygens (including phenoxy) is 1. The van der Waals surface area contributed by atoms with Gasteiger partial charge in [0, 0.05) is 15.4 Å². The molecule has 4 N–H and O–H groups in total. The number of thiophene rings is 1. The Morgan fingerprint density at radius 1 is 1.13 bits per heavy atom. The van der Waals surface area contributed by atoms with Gasteiger partial charge in [0.05, 0.1) is 15.1 Å². The van der Waals surface area contributed by atoms with E-state index in [9.17, 15) is 26.7 Å². The molecule has 1 heterocycles. The van der Waals surface area contributed by atoms with Crippen LogP contribution in [0.2, 0.25) is 0 Å². The summed E-state index contributed by atoms with van der Waals surface area (Å²) in [6, 6.07) is 6.62. The van der Waals surface area contributed by atoms with Gasteiger partial charge in [-0.25, -0.2) is 0 Å². The van der Waals surface area contributed by atoms with E-state index < -0.39 is 36.6 Å². The zero-order valence-corrected chi connectivity index (χ0v) is 18.4. The van der Waals surface area contributed by atoms with Crippen molar-refractivity contribution in [2.24, 2.45) is 5.73 Å². The molecule has 0 spiro atoms. The third-order valence-electron chi connectivity index (χ3n) is 4.18. The Morgan fingerprint density at radius 2 is 1.74 bits per heavy atom. The second kappa shape index (κ2) is 8.59. The Hall–Kier alpha value is -1.85. The number of rotatable bonds is 6. The molecular weight excluding hydrogens is 532 g/mol. The van der Waals surface area contributed by atoms with Gasteiger partial charge in [-0.1, -0.05) is 12.1 Å². The van der Waals surface area contributed by atoms with Crippen molar-refractivity contribution in [3.8, 4) is 5.75 Å². The van der Waals surface area contributed by atoms with Crippen molar-refractivity contribution in [1.29, 1.82) is 0 Å². The molecule has 0 saturated heterocycles. The molecule has 0 aliphatic carbocycles. The lowest BCUT2D eigenvalue weighted by Crippen LogP contribution is -2.11. The number of carbonyl (C=O) groups is 1. The lowest BCUT2D eigenvalue weighted by atomic mass is 10.1. The first kappa shape index (κ1) is 23.8. The Kier molecular flexibility index (Phi) is 6.60. The van der Waals surface area contributed by atoms with Gasteiger partial charge >= 0.3 is 11.8 Å². The number of halogens is 6. The SMILES string of the molecule is NC(=O)c1cc(OCc2ccc(C(F)(F)F)cc2)c2sc(C(F)(F)P(O)O)c(Br)c2c1. The van der Waals surface area contributed by atoms with E-state index in [-0.39, 0.29) is 32.5 Å². The molecule has 0 radical (unpaired) electrons. The van der Waals surface area contributed by atoms with Crippen molar-refractivity contribution in [1.82, 2.24) is 0 Å². The van der Waals surface area contributed by atoms with Crippen LogP contribution in [0.25, 0.3) is 10.1 Å². The molecule has 0 aliphatic rings. The Balaban J connectivity index is 2.01. The summed E-state index contributed by atoms with van der Waals surface area (Å²) in [6.45, 7) is -0.219. The van der Waals surface area contributed by atoms with E-state index in [4.69, 9.17) is 20.3 Å². The predicted octanol–water partition coefficient (Wildman–Crippen LogP) is 5.71. The number of hydrogen-bond acceptors (Lipinski definition) is 5. The minimum atomic E-state index is -4.49. The molecular formula is C18H12BrF5NO4PS. The summed E-state index contributed by atoms with van der Waals surface area (Å²) in [5.41, 5.74) is 0.808. The Morgan fingerprint density at radius 3 is 2.26 bits per heavy atom. The molecule has 5 nitrogen and oxygen atoms in total. The van der Waals surface area contributed by atoms with Gasteiger partial charge in [0.25, 0.3) is 0 Å². The molecule has 3 aromatic rings. The molecule has 0 bridgehead atoms. The summed E-state index contributed by atoms with van der Waals surface area (Å²) in [5.74, 6) is -0.876. The number of carbonyl (C=O) groups excluding carboxylic acids is 1. The van der Waals surface area contributed by atoms with E-state index in [1.165, 1.54) is 24.3 Å². The van der Waals surface area contributed by atoms with Gasteiger partial charge in [0.2, 0.25) is 14.3 Å². The third kappa shape index (κ3) is 4.83. The maximum atomic E-state index is 14.2. The second-order valence-electron chi connectivity index (χ2n) is 6.27. The van der Waals surface area contributed by atoms with Crippen molar-refractivity contribution in [3.63, 3.8) is 0 Å². The normalized spacial score (nSPS) is 12.5. The molecule has 3 rings (SSSR count). The van der Waals surface area contributed by atoms with E-state index in [1.807, 2.05) is 0 Å². The van der Waals surface area contributed by atoms with Crippen LogP contribution in [0.5, 0.6) is 5.75 Å². The van der Waals surface area contributed by atoms with Crippen molar-refractivity contribution < 1.29 is 41.3 Å². The quantitative estimate of drug-likeness (QED) is 0.274. The van der Waals surface area contributed by atoms with Gasteiger partial charge < -0.3 is 20.3 Å². The number of nitrogens with two attached hydrogens (primary N) is 1. The van der Waals surface area contributed by atoms with Gasteiger partial charge in [-0.2, -0.15) is 22.0 Å². The van der Waals surface area contributed by atoms with E-state index in [0.29, 0.717) is 16.9 Å². The molecule has 0 saturated carbocycles. The lowest BCUT2D eigenvalue weighted by molar-refractivity contribution is -0.137. The molecule has 1 aromatic heterocycles. The highest BCUT2D eigenvalue weighted by atomic mass is 79.9. The van der Waals surface area contributed by atoms with Gasteiger partial charge in [0.1, 0.15) is 12.4 Å². The highest BCUT2D eigenvalue weighted by molar-refractivity contribution is 9.10. The summed E-state index contributed by atoms with van der Waals surface area (Å²) in [7, 11) is -3.64.